The lowest BCUT2D eigenvalue weighted by molar-refractivity contribution is 0.00926. The minimum absolute atomic E-state index is 0.409. The van der Waals surface area contributed by atoms with Crippen LogP contribution in [-0.4, -0.2) is 29.0 Å². The number of nitrogens with zero attached hydrogens (tertiary/aromatic N) is 1. The van der Waals surface area contributed by atoms with Crippen LogP contribution < -0.4 is 5.32 Å². The Kier molecular flexibility index (Phi) is 3.19. The van der Waals surface area contributed by atoms with Crippen LogP contribution in [0.3, 0.4) is 0 Å². The summed E-state index contributed by atoms with van der Waals surface area (Å²) in [5, 5.41) is 11.8. The van der Waals surface area contributed by atoms with Crippen LogP contribution in [0.4, 0.5) is 5.69 Å². The summed E-state index contributed by atoms with van der Waals surface area (Å²) in [5.41, 5.74) is 2.24. The maximum atomic E-state index is 5.70. The van der Waals surface area contributed by atoms with Crippen molar-refractivity contribution in [3.05, 3.63) is 24.4 Å². The number of fused-ring (bicyclic) bond motifs is 1. The molecule has 18 heavy (non-hydrogen) atoms. The van der Waals surface area contributed by atoms with Crippen LogP contribution in [0.1, 0.15) is 26.2 Å². The largest absolute Gasteiger partial charge is 0.382 e. The van der Waals surface area contributed by atoms with Gasteiger partial charge in [0, 0.05) is 23.7 Å². The van der Waals surface area contributed by atoms with E-state index in [1.165, 1.54) is 0 Å². The van der Waals surface area contributed by atoms with Gasteiger partial charge in [-0.1, -0.05) is 6.92 Å². The molecule has 96 valence electrons. The van der Waals surface area contributed by atoms with Gasteiger partial charge in [0.25, 0.3) is 0 Å². The maximum absolute atomic E-state index is 5.70. The van der Waals surface area contributed by atoms with Crippen LogP contribution in [0.5, 0.6) is 0 Å². The fraction of sp³-hybridized carbons (Fsp3) is 0.500. The summed E-state index contributed by atoms with van der Waals surface area (Å²) in [6.07, 6.45) is 5.53. The number of rotatable bonds is 3. The van der Waals surface area contributed by atoms with Gasteiger partial charge in [0.2, 0.25) is 0 Å². The van der Waals surface area contributed by atoms with Gasteiger partial charge in [0.05, 0.1) is 17.8 Å². The van der Waals surface area contributed by atoms with E-state index < -0.39 is 0 Å². The molecule has 0 saturated carbocycles. The quantitative estimate of drug-likeness (QED) is 0.874. The minimum atomic E-state index is 0.409. The number of nitrogens with one attached hydrogen (secondary N) is 2. The summed E-state index contributed by atoms with van der Waals surface area (Å²) < 4.78 is 5.70. The third-order valence-electron chi connectivity index (χ3n) is 3.64. The molecule has 0 amide bonds. The molecule has 0 radical (unpaired) electrons. The van der Waals surface area contributed by atoms with Gasteiger partial charge in [-0.2, -0.15) is 5.10 Å². The van der Waals surface area contributed by atoms with Gasteiger partial charge in [-0.05, 0) is 37.5 Å². The normalized spacial score (nSPS) is 24.3. The number of hydrogen-bond donors (Lipinski definition) is 2. The number of aromatic amines is 1. The van der Waals surface area contributed by atoms with Gasteiger partial charge in [-0.15, -0.1) is 0 Å². The summed E-state index contributed by atoms with van der Waals surface area (Å²) in [6, 6.07) is 6.86. The van der Waals surface area contributed by atoms with E-state index in [0.717, 1.165) is 42.5 Å². The number of aromatic nitrogens is 2. The first-order chi connectivity index (χ1) is 8.85. The zero-order valence-electron chi connectivity index (χ0n) is 10.6. The predicted octanol–water partition coefficient (Wildman–Crippen LogP) is 2.93. The minimum Gasteiger partial charge on any atom is -0.382 e. The fourth-order valence-electron chi connectivity index (χ4n) is 2.56. The highest BCUT2D eigenvalue weighted by molar-refractivity contribution is 5.81. The van der Waals surface area contributed by atoms with Crippen molar-refractivity contribution in [2.45, 2.75) is 38.3 Å². The smallest absolute Gasteiger partial charge is 0.0670 e. The molecule has 2 atom stereocenters. The van der Waals surface area contributed by atoms with Crippen molar-refractivity contribution in [1.82, 2.24) is 10.2 Å². The van der Waals surface area contributed by atoms with Crippen molar-refractivity contribution >= 4 is 16.6 Å². The first kappa shape index (κ1) is 11.5. The number of ether oxygens (including phenoxy) is 1. The predicted molar refractivity (Wildman–Crippen MR) is 72.8 cm³/mol. The maximum Gasteiger partial charge on any atom is 0.0670 e. The fourth-order valence-corrected chi connectivity index (χ4v) is 2.56. The Bertz CT molecular complexity index is 522. The molecule has 2 unspecified atom stereocenters. The number of benzene rings is 1. The van der Waals surface area contributed by atoms with E-state index in [-0.39, 0.29) is 0 Å². The Balaban J connectivity index is 1.71. The standard InChI is InChI=1S/C14H19N3O/c1-2-13-7-12(5-6-18-13)16-11-4-3-10-9-15-17-14(10)8-11/h3-4,8-9,12-13,16H,2,5-7H2,1H3,(H,15,17). The van der Waals surface area contributed by atoms with Crippen molar-refractivity contribution < 1.29 is 4.74 Å². The highest BCUT2D eigenvalue weighted by Gasteiger charge is 2.20. The average Bonchev–Trinajstić information content (AvgIpc) is 2.86. The number of hydrogen-bond acceptors (Lipinski definition) is 3. The van der Waals surface area contributed by atoms with Crippen LogP contribution >= 0.6 is 0 Å². The molecule has 1 aromatic heterocycles. The molecule has 0 spiro atoms. The van der Waals surface area contributed by atoms with Crippen LogP contribution in [0.15, 0.2) is 24.4 Å². The number of H-pyrrole nitrogens is 1. The summed E-state index contributed by atoms with van der Waals surface area (Å²) >= 11 is 0. The van der Waals surface area contributed by atoms with Crippen molar-refractivity contribution in [3.63, 3.8) is 0 Å². The van der Waals surface area contributed by atoms with Crippen molar-refractivity contribution in [2.24, 2.45) is 0 Å². The molecule has 1 saturated heterocycles. The lowest BCUT2D eigenvalue weighted by Gasteiger charge is -2.30. The first-order valence-corrected chi connectivity index (χ1v) is 6.66. The molecule has 1 fully saturated rings. The Labute approximate surface area is 107 Å². The van der Waals surface area contributed by atoms with Crippen molar-refractivity contribution in [2.75, 3.05) is 11.9 Å². The van der Waals surface area contributed by atoms with Gasteiger partial charge in [0.15, 0.2) is 0 Å². The van der Waals surface area contributed by atoms with Crippen LogP contribution in [0, 0.1) is 0 Å². The summed E-state index contributed by atoms with van der Waals surface area (Å²) in [7, 11) is 0. The second kappa shape index (κ2) is 4.98. The average molecular weight is 245 g/mol. The van der Waals surface area contributed by atoms with Gasteiger partial charge < -0.3 is 10.1 Å². The topological polar surface area (TPSA) is 49.9 Å². The molecule has 1 aromatic carbocycles. The Hall–Kier alpha value is -1.55. The molecule has 3 rings (SSSR count). The van der Waals surface area contributed by atoms with Gasteiger partial charge in [0.1, 0.15) is 0 Å². The van der Waals surface area contributed by atoms with E-state index in [2.05, 4.69) is 40.6 Å². The lowest BCUT2D eigenvalue weighted by Crippen LogP contribution is -2.33. The summed E-state index contributed by atoms with van der Waals surface area (Å²) in [5.74, 6) is 0. The van der Waals surface area contributed by atoms with Crippen molar-refractivity contribution in [1.29, 1.82) is 0 Å². The molecular formula is C14H19N3O. The van der Waals surface area contributed by atoms with E-state index >= 15 is 0 Å². The molecule has 0 aliphatic carbocycles. The van der Waals surface area contributed by atoms with Crippen molar-refractivity contribution in [3.8, 4) is 0 Å². The molecule has 1 aliphatic heterocycles. The summed E-state index contributed by atoms with van der Waals surface area (Å²) in [6.45, 7) is 3.05. The second-order valence-electron chi connectivity index (χ2n) is 4.94. The SMILES string of the molecule is CCC1CC(Nc2ccc3cn[nH]c3c2)CCO1. The number of anilines is 1. The molecule has 1 aliphatic rings. The molecular weight excluding hydrogens is 226 g/mol. The van der Waals surface area contributed by atoms with Crippen LogP contribution in [0.2, 0.25) is 0 Å². The van der Waals surface area contributed by atoms with Crippen LogP contribution in [-0.2, 0) is 4.74 Å². The zero-order valence-corrected chi connectivity index (χ0v) is 10.6. The second-order valence-corrected chi connectivity index (χ2v) is 4.94. The molecule has 4 heteroatoms. The van der Waals surface area contributed by atoms with E-state index in [9.17, 15) is 0 Å². The molecule has 0 bridgehead atoms. The molecule has 2 heterocycles. The van der Waals surface area contributed by atoms with E-state index in [0.29, 0.717) is 12.1 Å². The monoisotopic (exact) mass is 245 g/mol. The van der Waals surface area contributed by atoms with Gasteiger partial charge in [-0.25, -0.2) is 0 Å². The highest BCUT2D eigenvalue weighted by Crippen LogP contribution is 2.22. The molecule has 2 N–H and O–H groups in total. The Morgan fingerprint density at radius 1 is 1.50 bits per heavy atom. The van der Waals surface area contributed by atoms with Gasteiger partial charge >= 0.3 is 0 Å². The Morgan fingerprint density at radius 3 is 3.33 bits per heavy atom. The summed E-state index contributed by atoms with van der Waals surface area (Å²) in [4.78, 5) is 0. The van der Waals surface area contributed by atoms with E-state index in [1.54, 1.807) is 0 Å². The third kappa shape index (κ3) is 2.34. The molecule has 2 aromatic rings. The van der Waals surface area contributed by atoms with E-state index in [1.807, 2.05) is 6.20 Å². The van der Waals surface area contributed by atoms with Gasteiger partial charge in [-0.3, -0.25) is 5.10 Å². The lowest BCUT2D eigenvalue weighted by atomic mass is 10.0. The van der Waals surface area contributed by atoms with E-state index in [4.69, 9.17) is 4.74 Å². The Morgan fingerprint density at radius 2 is 2.44 bits per heavy atom. The first-order valence-electron chi connectivity index (χ1n) is 6.66. The zero-order chi connectivity index (χ0) is 12.4. The molecule has 4 nitrogen and oxygen atoms in total. The van der Waals surface area contributed by atoms with Crippen LogP contribution in [0.25, 0.3) is 10.9 Å². The highest BCUT2D eigenvalue weighted by atomic mass is 16.5. The third-order valence-corrected chi connectivity index (χ3v) is 3.64.